The number of benzene rings is 1. The van der Waals surface area contributed by atoms with Crippen LogP contribution in [0.25, 0.3) is 26.6 Å². The zero-order valence-electron chi connectivity index (χ0n) is 19.4. The van der Waals surface area contributed by atoms with Crippen molar-refractivity contribution in [1.82, 2.24) is 24.5 Å². The van der Waals surface area contributed by atoms with Gasteiger partial charge in [-0.15, -0.1) is 0 Å². The van der Waals surface area contributed by atoms with E-state index in [0.717, 1.165) is 26.6 Å². The minimum Gasteiger partial charge on any atom is -0.359 e. The molecule has 0 aliphatic heterocycles. The molecule has 0 saturated carbocycles. The number of hydrogen-bond acceptors (Lipinski definition) is 8. The maximum Gasteiger partial charge on any atom is 0.324 e. The molecule has 0 bridgehead atoms. The number of nitrogens with one attached hydrogen (secondary N) is 2. The quantitative estimate of drug-likeness (QED) is 0.375. The molecule has 0 radical (unpaired) electrons. The summed E-state index contributed by atoms with van der Waals surface area (Å²) in [5, 5.41) is 9.39. The van der Waals surface area contributed by atoms with Gasteiger partial charge in [-0.25, -0.2) is 19.7 Å². The molecule has 0 aliphatic carbocycles. The highest BCUT2D eigenvalue weighted by molar-refractivity contribution is 7.23. The molecular weight excluding hydrogens is 452 g/mol. The lowest BCUT2D eigenvalue weighted by Gasteiger charge is -2.12. The highest BCUT2D eigenvalue weighted by Crippen LogP contribution is 2.29. The zero-order valence-corrected chi connectivity index (χ0v) is 20.3. The summed E-state index contributed by atoms with van der Waals surface area (Å²) in [6.07, 6.45) is 3.79. The van der Waals surface area contributed by atoms with Gasteiger partial charge in [0.05, 0.1) is 11.9 Å². The van der Waals surface area contributed by atoms with E-state index in [1.165, 1.54) is 11.3 Å². The average Bonchev–Trinajstić information content (AvgIpc) is 3.48. The Bertz CT molecular complexity index is 1490. The van der Waals surface area contributed by atoms with Gasteiger partial charge in [-0.3, -0.25) is 9.72 Å². The SMILES string of the molecule is CN(C)c1ncc2c(n1)sc1nc(-c3ccc(NC(=O)Nc4cc(C(C)(C)C)on4)cc3)cn12. The number of hydrogen-bond donors (Lipinski definition) is 2. The predicted octanol–water partition coefficient (Wildman–Crippen LogP) is 5.00. The molecule has 0 unspecified atom stereocenters. The second kappa shape index (κ2) is 8.10. The van der Waals surface area contributed by atoms with Crippen LogP contribution < -0.4 is 15.5 Å². The Hall–Kier alpha value is -3.99. The van der Waals surface area contributed by atoms with E-state index in [1.807, 2.05) is 80.8 Å². The Labute approximate surface area is 199 Å². The predicted molar refractivity (Wildman–Crippen MR) is 134 cm³/mol. The number of aromatic nitrogens is 5. The molecule has 0 fully saturated rings. The van der Waals surface area contributed by atoms with Gasteiger partial charge in [0, 0.05) is 43.0 Å². The largest absolute Gasteiger partial charge is 0.359 e. The van der Waals surface area contributed by atoms with Gasteiger partial charge in [0.1, 0.15) is 16.1 Å². The molecule has 11 heteroatoms. The molecule has 5 aromatic rings. The fourth-order valence-electron chi connectivity index (χ4n) is 3.33. The van der Waals surface area contributed by atoms with Crippen molar-refractivity contribution in [1.29, 1.82) is 0 Å². The van der Waals surface area contributed by atoms with Gasteiger partial charge in [0.2, 0.25) is 5.95 Å². The number of nitrogens with zero attached hydrogens (tertiary/aromatic N) is 6. The first-order valence-corrected chi connectivity index (χ1v) is 11.5. The van der Waals surface area contributed by atoms with Crippen LogP contribution in [0.3, 0.4) is 0 Å². The van der Waals surface area contributed by atoms with E-state index >= 15 is 0 Å². The summed E-state index contributed by atoms with van der Waals surface area (Å²) < 4.78 is 7.29. The van der Waals surface area contributed by atoms with Crippen LogP contribution in [0.15, 0.2) is 47.2 Å². The molecule has 4 aromatic heterocycles. The van der Waals surface area contributed by atoms with E-state index in [4.69, 9.17) is 9.51 Å². The first-order valence-electron chi connectivity index (χ1n) is 10.6. The van der Waals surface area contributed by atoms with Crippen LogP contribution in [0.2, 0.25) is 0 Å². The van der Waals surface area contributed by atoms with Gasteiger partial charge in [0.25, 0.3) is 0 Å². The van der Waals surface area contributed by atoms with Crippen LogP contribution in [-0.2, 0) is 5.41 Å². The van der Waals surface area contributed by atoms with Gasteiger partial charge in [-0.05, 0) is 12.1 Å². The minimum atomic E-state index is -0.396. The standard InChI is InChI=1S/C23H24N8O2S/c1-23(2,3)17-10-18(29-33-17)27-21(32)25-14-8-6-13(7-9-14)15-12-31-16-11-24-20(30(4)5)28-19(16)34-22(31)26-15/h6-12H,1-5H3,(H2,25,27,29,32). The van der Waals surface area contributed by atoms with E-state index in [2.05, 4.69) is 25.8 Å². The number of rotatable bonds is 4. The summed E-state index contributed by atoms with van der Waals surface area (Å²) in [4.78, 5) is 29.7. The van der Waals surface area contributed by atoms with E-state index in [1.54, 1.807) is 6.07 Å². The summed E-state index contributed by atoms with van der Waals surface area (Å²) in [6.45, 7) is 6.04. The van der Waals surface area contributed by atoms with Crippen molar-refractivity contribution in [3.8, 4) is 11.3 Å². The van der Waals surface area contributed by atoms with Crippen molar-refractivity contribution in [2.75, 3.05) is 29.6 Å². The summed E-state index contributed by atoms with van der Waals surface area (Å²) >= 11 is 1.52. The number of carbonyl (C=O) groups excluding carboxylic acids is 1. The molecule has 5 rings (SSSR count). The van der Waals surface area contributed by atoms with Gasteiger partial charge < -0.3 is 14.7 Å². The number of carbonyl (C=O) groups is 1. The van der Waals surface area contributed by atoms with Crippen LogP contribution in [0, 0.1) is 0 Å². The Morgan fingerprint density at radius 2 is 1.88 bits per heavy atom. The molecule has 174 valence electrons. The first kappa shape index (κ1) is 21.8. The lowest BCUT2D eigenvalue weighted by Crippen LogP contribution is -2.19. The van der Waals surface area contributed by atoms with Crippen molar-refractivity contribution >= 4 is 50.1 Å². The summed E-state index contributed by atoms with van der Waals surface area (Å²) in [5.74, 6) is 1.73. The second-order valence-corrected chi connectivity index (χ2v) is 10.1. The van der Waals surface area contributed by atoms with Gasteiger partial charge in [-0.1, -0.05) is 49.4 Å². The van der Waals surface area contributed by atoms with Gasteiger partial charge in [-0.2, -0.15) is 0 Å². The van der Waals surface area contributed by atoms with Gasteiger partial charge >= 0.3 is 6.03 Å². The molecule has 0 atom stereocenters. The van der Waals surface area contributed by atoms with Crippen molar-refractivity contribution in [3.63, 3.8) is 0 Å². The van der Waals surface area contributed by atoms with Crippen molar-refractivity contribution in [2.24, 2.45) is 0 Å². The number of anilines is 3. The normalized spacial score (nSPS) is 11.8. The monoisotopic (exact) mass is 476 g/mol. The zero-order chi connectivity index (χ0) is 24.0. The maximum absolute atomic E-state index is 12.3. The van der Waals surface area contributed by atoms with E-state index < -0.39 is 6.03 Å². The summed E-state index contributed by atoms with van der Waals surface area (Å²) in [6, 6.07) is 8.82. The average molecular weight is 477 g/mol. The highest BCUT2D eigenvalue weighted by atomic mass is 32.1. The van der Waals surface area contributed by atoms with Crippen LogP contribution in [-0.4, -0.2) is 44.6 Å². The lowest BCUT2D eigenvalue weighted by molar-refractivity contribution is 0.262. The van der Waals surface area contributed by atoms with Crippen LogP contribution in [0.5, 0.6) is 0 Å². The third-order valence-corrected chi connectivity index (χ3v) is 6.14. The third-order valence-electron chi connectivity index (χ3n) is 5.17. The van der Waals surface area contributed by atoms with Crippen LogP contribution in [0.4, 0.5) is 22.2 Å². The molecule has 0 aliphatic rings. The Morgan fingerprint density at radius 1 is 1.12 bits per heavy atom. The number of urea groups is 1. The topological polar surface area (TPSA) is 113 Å². The molecule has 0 saturated heterocycles. The molecule has 0 spiro atoms. The molecule has 1 aromatic carbocycles. The number of thiazole rings is 1. The van der Waals surface area contributed by atoms with Crippen LogP contribution in [0.1, 0.15) is 26.5 Å². The fraction of sp³-hybridized carbons (Fsp3) is 0.261. The number of amides is 2. The maximum atomic E-state index is 12.3. The Balaban J connectivity index is 1.29. The molecule has 2 amide bonds. The number of imidazole rings is 1. The fourth-order valence-corrected chi connectivity index (χ4v) is 4.28. The van der Waals surface area contributed by atoms with Crippen molar-refractivity contribution in [2.45, 2.75) is 26.2 Å². The van der Waals surface area contributed by atoms with Crippen LogP contribution >= 0.6 is 11.3 Å². The molecule has 34 heavy (non-hydrogen) atoms. The highest BCUT2D eigenvalue weighted by Gasteiger charge is 2.20. The number of fused-ring (bicyclic) bond motifs is 3. The first-order chi connectivity index (χ1) is 16.2. The molecule has 2 N–H and O–H groups in total. The molecule has 10 nitrogen and oxygen atoms in total. The van der Waals surface area contributed by atoms with Gasteiger partial charge in [0.15, 0.2) is 10.8 Å². The summed E-state index contributed by atoms with van der Waals surface area (Å²) in [7, 11) is 3.83. The smallest absolute Gasteiger partial charge is 0.324 e. The second-order valence-electron chi connectivity index (χ2n) is 9.12. The molecule has 4 heterocycles. The minimum absolute atomic E-state index is 0.185. The molecular formula is C23H24N8O2S. The van der Waals surface area contributed by atoms with Crippen molar-refractivity contribution < 1.29 is 9.32 Å². The third kappa shape index (κ3) is 4.17. The summed E-state index contributed by atoms with van der Waals surface area (Å²) in [5.41, 5.74) is 3.15. The Morgan fingerprint density at radius 3 is 2.56 bits per heavy atom. The van der Waals surface area contributed by atoms with Crippen molar-refractivity contribution in [3.05, 3.63) is 48.5 Å². The lowest BCUT2D eigenvalue weighted by atomic mass is 9.93. The Kier molecular flexibility index (Phi) is 5.20. The van der Waals surface area contributed by atoms with E-state index in [-0.39, 0.29) is 5.41 Å². The van der Waals surface area contributed by atoms with E-state index in [0.29, 0.717) is 23.2 Å². The van der Waals surface area contributed by atoms with E-state index in [9.17, 15) is 4.79 Å².